The van der Waals surface area contributed by atoms with Crippen molar-refractivity contribution in [3.8, 4) is 0 Å². The summed E-state index contributed by atoms with van der Waals surface area (Å²) in [6.07, 6.45) is 2.07. The molecule has 2 rings (SSSR count). The molecular weight excluding hydrogens is 288 g/mol. The highest BCUT2D eigenvalue weighted by atomic mass is 35.5. The van der Waals surface area contributed by atoms with Crippen molar-refractivity contribution in [1.29, 1.82) is 0 Å². The standard InChI is InChI=1S/C12H17ClN2O3S/c13-9-4-5-12(10(14)6-9)19(17,18)15-7-8-2-1-3-11(8)16/h4-6,8,11,15-16H,1-3,7,14H2. The third kappa shape index (κ3) is 3.39. The molecule has 0 spiro atoms. The van der Waals surface area contributed by atoms with Crippen LogP contribution in [-0.4, -0.2) is 26.2 Å². The highest BCUT2D eigenvalue weighted by molar-refractivity contribution is 7.89. The van der Waals surface area contributed by atoms with Crippen LogP contribution in [0.25, 0.3) is 0 Å². The second-order valence-corrected chi connectivity index (χ2v) is 6.96. The number of benzene rings is 1. The Kier molecular flexibility index (Phi) is 4.35. The van der Waals surface area contributed by atoms with Gasteiger partial charge in [-0.15, -0.1) is 0 Å². The number of halogens is 1. The Labute approximate surface area is 117 Å². The normalized spacial score (nSPS) is 23.7. The largest absolute Gasteiger partial charge is 0.398 e. The van der Waals surface area contributed by atoms with Crippen molar-refractivity contribution in [1.82, 2.24) is 4.72 Å². The zero-order valence-electron chi connectivity index (χ0n) is 10.3. The first-order valence-corrected chi connectivity index (χ1v) is 7.99. The molecule has 1 saturated carbocycles. The molecule has 1 aliphatic rings. The van der Waals surface area contributed by atoms with Gasteiger partial charge in [-0.1, -0.05) is 18.0 Å². The quantitative estimate of drug-likeness (QED) is 0.732. The molecule has 1 aromatic carbocycles. The maximum atomic E-state index is 12.1. The molecule has 2 atom stereocenters. The molecular formula is C12H17ClN2O3S. The predicted molar refractivity (Wildman–Crippen MR) is 74.4 cm³/mol. The first-order chi connectivity index (χ1) is 8.90. The molecule has 1 fully saturated rings. The van der Waals surface area contributed by atoms with Gasteiger partial charge in [0, 0.05) is 11.6 Å². The molecule has 106 valence electrons. The Morgan fingerprint density at radius 3 is 2.74 bits per heavy atom. The van der Waals surface area contributed by atoms with Gasteiger partial charge in [0.25, 0.3) is 0 Å². The molecule has 2 unspecified atom stereocenters. The van der Waals surface area contributed by atoms with E-state index in [1.54, 1.807) is 0 Å². The van der Waals surface area contributed by atoms with E-state index in [9.17, 15) is 13.5 Å². The number of hydrogen-bond acceptors (Lipinski definition) is 4. The lowest BCUT2D eigenvalue weighted by Gasteiger charge is -2.16. The molecule has 0 aromatic heterocycles. The van der Waals surface area contributed by atoms with Crippen molar-refractivity contribution < 1.29 is 13.5 Å². The molecule has 0 bridgehead atoms. The number of aliphatic hydroxyl groups is 1. The minimum absolute atomic E-state index is 0.0180. The molecule has 0 amide bonds. The summed E-state index contributed by atoms with van der Waals surface area (Å²) in [7, 11) is -3.66. The van der Waals surface area contributed by atoms with Gasteiger partial charge in [-0.25, -0.2) is 13.1 Å². The lowest BCUT2D eigenvalue weighted by molar-refractivity contribution is 0.134. The van der Waals surface area contributed by atoms with Crippen LogP contribution >= 0.6 is 11.6 Å². The predicted octanol–water partition coefficient (Wildman–Crippen LogP) is 1.36. The van der Waals surface area contributed by atoms with Crippen LogP contribution in [0, 0.1) is 5.92 Å². The van der Waals surface area contributed by atoms with E-state index in [2.05, 4.69) is 4.72 Å². The van der Waals surface area contributed by atoms with E-state index in [1.165, 1.54) is 18.2 Å². The second-order valence-electron chi connectivity index (χ2n) is 4.79. The van der Waals surface area contributed by atoms with E-state index in [0.29, 0.717) is 5.02 Å². The molecule has 5 nitrogen and oxygen atoms in total. The van der Waals surface area contributed by atoms with Gasteiger partial charge in [-0.3, -0.25) is 0 Å². The van der Waals surface area contributed by atoms with Gasteiger partial charge in [0.2, 0.25) is 10.0 Å². The molecule has 0 aliphatic heterocycles. The monoisotopic (exact) mass is 304 g/mol. The summed E-state index contributed by atoms with van der Waals surface area (Å²) in [5, 5.41) is 10.1. The van der Waals surface area contributed by atoms with E-state index in [0.717, 1.165) is 19.3 Å². The zero-order valence-corrected chi connectivity index (χ0v) is 11.9. The van der Waals surface area contributed by atoms with Gasteiger partial charge in [0.15, 0.2) is 0 Å². The number of nitrogens with one attached hydrogen (secondary N) is 1. The van der Waals surface area contributed by atoms with E-state index in [1.807, 2.05) is 0 Å². The number of sulfonamides is 1. The summed E-state index contributed by atoms with van der Waals surface area (Å²) in [6, 6.07) is 4.27. The lowest BCUT2D eigenvalue weighted by Crippen LogP contribution is -2.32. The van der Waals surface area contributed by atoms with E-state index >= 15 is 0 Å². The second kappa shape index (κ2) is 5.66. The summed E-state index contributed by atoms with van der Waals surface area (Å²) >= 11 is 5.74. The highest BCUT2D eigenvalue weighted by Crippen LogP contribution is 2.26. The van der Waals surface area contributed by atoms with Crippen molar-refractivity contribution in [3.63, 3.8) is 0 Å². The molecule has 0 heterocycles. The van der Waals surface area contributed by atoms with Crippen molar-refractivity contribution >= 4 is 27.3 Å². The van der Waals surface area contributed by atoms with Crippen molar-refractivity contribution in [2.45, 2.75) is 30.3 Å². The number of nitrogen functional groups attached to an aromatic ring is 1. The number of aliphatic hydroxyl groups excluding tert-OH is 1. The Morgan fingerprint density at radius 2 is 2.16 bits per heavy atom. The summed E-state index contributed by atoms with van der Waals surface area (Å²) in [5.74, 6) is -0.0247. The molecule has 1 aromatic rings. The zero-order chi connectivity index (χ0) is 14.0. The molecule has 4 N–H and O–H groups in total. The minimum Gasteiger partial charge on any atom is -0.398 e. The van der Waals surface area contributed by atoms with Crippen LogP contribution in [0.3, 0.4) is 0 Å². The third-order valence-corrected chi connectivity index (χ3v) is 5.15. The van der Waals surface area contributed by atoms with Gasteiger partial charge < -0.3 is 10.8 Å². The summed E-state index contributed by atoms with van der Waals surface area (Å²) < 4.78 is 26.7. The van der Waals surface area contributed by atoms with E-state index < -0.39 is 16.1 Å². The topological polar surface area (TPSA) is 92.4 Å². The third-order valence-electron chi connectivity index (χ3n) is 3.42. The average Bonchev–Trinajstić information content (AvgIpc) is 2.72. The first-order valence-electron chi connectivity index (χ1n) is 6.13. The molecule has 1 aliphatic carbocycles. The van der Waals surface area contributed by atoms with E-state index in [4.69, 9.17) is 17.3 Å². The molecule has 0 radical (unpaired) electrons. The fourth-order valence-corrected chi connectivity index (χ4v) is 3.70. The summed E-state index contributed by atoms with van der Waals surface area (Å²) in [5.41, 5.74) is 5.78. The Hall–Kier alpha value is -0.820. The number of anilines is 1. The van der Waals surface area contributed by atoms with Crippen molar-refractivity contribution in [2.24, 2.45) is 5.92 Å². The maximum absolute atomic E-state index is 12.1. The van der Waals surface area contributed by atoms with Crippen LogP contribution in [0.15, 0.2) is 23.1 Å². The lowest BCUT2D eigenvalue weighted by atomic mass is 10.1. The molecule has 0 saturated heterocycles. The average molecular weight is 305 g/mol. The van der Waals surface area contributed by atoms with Gasteiger partial charge in [-0.2, -0.15) is 0 Å². The van der Waals surface area contributed by atoms with Gasteiger partial charge in [0.05, 0.1) is 11.8 Å². The highest BCUT2D eigenvalue weighted by Gasteiger charge is 2.27. The summed E-state index contributed by atoms with van der Waals surface area (Å²) in [6.45, 7) is 0.228. The smallest absolute Gasteiger partial charge is 0.242 e. The van der Waals surface area contributed by atoms with Crippen LogP contribution in [-0.2, 0) is 10.0 Å². The number of nitrogens with two attached hydrogens (primary N) is 1. The fraction of sp³-hybridized carbons (Fsp3) is 0.500. The van der Waals surface area contributed by atoms with Crippen LogP contribution in [0.1, 0.15) is 19.3 Å². The van der Waals surface area contributed by atoms with Crippen LogP contribution in [0.5, 0.6) is 0 Å². The Morgan fingerprint density at radius 1 is 1.42 bits per heavy atom. The Bertz CT molecular complexity index is 562. The van der Waals surface area contributed by atoms with Gasteiger partial charge in [-0.05, 0) is 37.0 Å². The van der Waals surface area contributed by atoms with E-state index in [-0.39, 0.29) is 23.0 Å². The van der Waals surface area contributed by atoms with Gasteiger partial charge >= 0.3 is 0 Å². The number of rotatable bonds is 4. The summed E-state index contributed by atoms with van der Waals surface area (Å²) in [4.78, 5) is 0.0180. The minimum atomic E-state index is -3.66. The van der Waals surface area contributed by atoms with Crippen molar-refractivity contribution in [2.75, 3.05) is 12.3 Å². The molecule has 7 heteroatoms. The maximum Gasteiger partial charge on any atom is 0.242 e. The SMILES string of the molecule is Nc1cc(Cl)ccc1S(=O)(=O)NCC1CCCC1O. The first kappa shape index (κ1) is 14.6. The van der Waals surface area contributed by atoms with Crippen molar-refractivity contribution in [3.05, 3.63) is 23.2 Å². The fourth-order valence-electron chi connectivity index (χ4n) is 2.31. The number of hydrogen-bond donors (Lipinski definition) is 3. The van der Waals surface area contributed by atoms with Gasteiger partial charge in [0.1, 0.15) is 4.90 Å². The van der Waals surface area contributed by atoms with Crippen LogP contribution < -0.4 is 10.5 Å². The van der Waals surface area contributed by atoms with Crippen LogP contribution in [0.2, 0.25) is 5.02 Å². The Balaban J connectivity index is 2.09. The van der Waals surface area contributed by atoms with Crippen LogP contribution in [0.4, 0.5) is 5.69 Å². The molecule has 19 heavy (non-hydrogen) atoms.